The van der Waals surface area contributed by atoms with Gasteiger partial charge in [-0.2, -0.15) is 0 Å². The van der Waals surface area contributed by atoms with E-state index in [9.17, 15) is 9.18 Å². The number of ketones is 1. The molecule has 0 aromatic heterocycles. The topological polar surface area (TPSA) is 17.1 Å². The molecule has 4 heteroatoms. The molecular formula is C14H9BrClFO. The van der Waals surface area contributed by atoms with Crippen LogP contribution in [0.5, 0.6) is 0 Å². The molecule has 0 N–H and O–H groups in total. The summed E-state index contributed by atoms with van der Waals surface area (Å²) >= 11 is 9.10. The molecule has 0 radical (unpaired) electrons. The Labute approximate surface area is 118 Å². The Morgan fingerprint density at radius 1 is 1.22 bits per heavy atom. The van der Waals surface area contributed by atoms with Crippen molar-refractivity contribution >= 4 is 33.3 Å². The first-order chi connectivity index (χ1) is 8.47. The van der Waals surface area contributed by atoms with Gasteiger partial charge in [-0.1, -0.05) is 11.6 Å². The minimum Gasteiger partial charge on any atom is -0.289 e. The summed E-state index contributed by atoms with van der Waals surface area (Å²) in [6.45, 7) is 1.75. The van der Waals surface area contributed by atoms with Gasteiger partial charge in [0, 0.05) is 20.6 Å². The van der Waals surface area contributed by atoms with Crippen molar-refractivity contribution in [2.24, 2.45) is 0 Å². The van der Waals surface area contributed by atoms with Crippen LogP contribution in [0, 0.1) is 12.7 Å². The molecule has 0 aliphatic heterocycles. The Balaban J connectivity index is 2.47. The summed E-state index contributed by atoms with van der Waals surface area (Å²) < 4.78 is 13.9. The second kappa shape index (κ2) is 5.21. The maximum absolute atomic E-state index is 13.3. The van der Waals surface area contributed by atoms with Crippen molar-refractivity contribution in [3.8, 4) is 0 Å². The lowest BCUT2D eigenvalue weighted by Gasteiger charge is -2.05. The third-order valence-electron chi connectivity index (χ3n) is 2.48. The van der Waals surface area contributed by atoms with Gasteiger partial charge in [-0.3, -0.25) is 4.79 Å². The molecule has 2 aromatic carbocycles. The number of hydrogen-bond donors (Lipinski definition) is 0. The molecule has 1 nitrogen and oxygen atoms in total. The van der Waals surface area contributed by atoms with Gasteiger partial charge in [0.15, 0.2) is 5.78 Å². The van der Waals surface area contributed by atoms with Gasteiger partial charge in [0.1, 0.15) is 5.82 Å². The van der Waals surface area contributed by atoms with E-state index in [1.807, 2.05) is 0 Å². The van der Waals surface area contributed by atoms with Gasteiger partial charge in [-0.25, -0.2) is 4.39 Å². The van der Waals surface area contributed by atoms with Crippen molar-refractivity contribution < 1.29 is 9.18 Å². The van der Waals surface area contributed by atoms with Gasteiger partial charge in [-0.15, -0.1) is 0 Å². The summed E-state index contributed by atoms with van der Waals surface area (Å²) in [5, 5.41) is 0.536. The van der Waals surface area contributed by atoms with Crippen LogP contribution in [-0.4, -0.2) is 5.78 Å². The average Bonchev–Trinajstić information content (AvgIpc) is 2.26. The predicted molar refractivity (Wildman–Crippen MR) is 73.7 cm³/mol. The Kier molecular flexibility index (Phi) is 3.83. The van der Waals surface area contributed by atoms with Crippen molar-refractivity contribution in [3.63, 3.8) is 0 Å². The minimum atomic E-state index is -0.413. The first kappa shape index (κ1) is 13.2. The van der Waals surface area contributed by atoms with E-state index in [1.165, 1.54) is 12.1 Å². The van der Waals surface area contributed by atoms with Gasteiger partial charge < -0.3 is 0 Å². The number of hydrogen-bond acceptors (Lipinski definition) is 1. The summed E-state index contributed by atoms with van der Waals surface area (Å²) in [4.78, 5) is 12.2. The van der Waals surface area contributed by atoms with Crippen molar-refractivity contribution in [3.05, 3.63) is 68.4 Å². The third kappa shape index (κ3) is 2.79. The van der Waals surface area contributed by atoms with E-state index in [0.29, 0.717) is 26.2 Å². The van der Waals surface area contributed by atoms with Gasteiger partial charge in [-0.05, 0) is 64.8 Å². The molecule has 2 rings (SSSR count). The fraction of sp³-hybridized carbons (Fsp3) is 0.0714. The van der Waals surface area contributed by atoms with Crippen LogP contribution < -0.4 is 0 Å². The van der Waals surface area contributed by atoms with Crippen LogP contribution in [0.25, 0.3) is 0 Å². The molecule has 0 spiro atoms. The second-order valence-corrected chi connectivity index (χ2v) is 5.26. The summed E-state index contributed by atoms with van der Waals surface area (Å²) in [7, 11) is 0. The van der Waals surface area contributed by atoms with Crippen LogP contribution in [0.1, 0.15) is 21.5 Å². The highest BCUT2D eigenvalue weighted by molar-refractivity contribution is 9.10. The van der Waals surface area contributed by atoms with Crippen LogP contribution in [0.4, 0.5) is 4.39 Å². The molecule has 18 heavy (non-hydrogen) atoms. The maximum Gasteiger partial charge on any atom is 0.194 e. The zero-order valence-electron chi connectivity index (χ0n) is 9.51. The molecule has 0 saturated carbocycles. The molecule has 0 fully saturated rings. The fourth-order valence-corrected chi connectivity index (χ4v) is 2.56. The molecule has 0 amide bonds. The molecule has 0 saturated heterocycles. The zero-order valence-corrected chi connectivity index (χ0v) is 11.8. The summed E-state index contributed by atoms with van der Waals surface area (Å²) in [6, 6.07) is 9.16. The van der Waals surface area contributed by atoms with Crippen LogP contribution in [0.2, 0.25) is 5.02 Å². The Hall–Kier alpha value is -1.19. The second-order valence-electron chi connectivity index (χ2n) is 3.97. The van der Waals surface area contributed by atoms with E-state index in [0.717, 1.165) is 0 Å². The first-order valence-electron chi connectivity index (χ1n) is 5.24. The lowest BCUT2D eigenvalue weighted by Crippen LogP contribution is -2.03. The van der Waals surface area contributed by atoms with E-state index >= 15 is 0 Å². The minimum absolute atomic E-state index is 0.235. The first-order valence-corrected chi connectivity index (χ1v) is 6.41. The van der Waals surface area contributed by atoms with Gasteiger partial charge in [0.2, 0.25) is 0 Å². The summed E-state index contributed by atoms with van der Waals surface area (Å²) in [5.74, 6) is -0.649. The Morgan fingerprint density at radius 2 is 1.94 bits per heavy atom. The maximum atomic E-state index is 13.3. The highest BCUT2D eigenvalue weighted by atomic mass is 79.9. The highest BCUT2D eigenvalue weighted by Gasteiger charge is 2.14. The smallest absolute Gasteiger partial charge is 0.194 e. The molecule has 0 atom stereocenters. The predicted octanol–water partition coefficient (Wildman–Crippen LogP) is 4.78. The monoisotopic (exact) mass is 326 g/mol. The zero-order chi connectivity index (χ0) is 13.3. The highest BCUT2D eigenvalue weighted by Crippen LogP contribution is 2.24. The summed E-state index contributed by atoms with van der Waals surface area (Å²) in [6.07, 6.45) is 0. The van der Waals surface area contributed by atoms with Crippen molar-refractivity contribution in [1.29, 1.82) is 0 Å². The van der Waals surface area contributed by atoms with Gasteiger partial charge in [0.05, 0.1) is 0 Å². The largest absolute Gasteiger partial charge is 0.289 e. The number of benzene rings is 2. The molecular weight excluding hydrogens is 319 g/mol. The lowest BCUT2D eigenvalue weighted by molar-refractivity contribution is 0.103. The summed E-state index contributed by atoms with van der Waals surface area (Å²) in [5.41, 5.74) is 1.50. The van der Waals surface area contributed by atoms with Crippen LogP contribution >= 0.6 is 27.5 Å². The molecule has 2 aromatic rings. The van der Waals surface area contributed by atoms with E-state index < -0.39 is 5.82 Å². The van der Waals surface area contributed by atoms with Crippen molar-refractivity contribution in [1.82, 2.24) is 0 Å². The van der Waals surface area contributed by atoms with Gasteiger partial charge in [0.25, 0.3) is 0 Å². The molecule has 0 unspecified atom stereocenters. The SMILES string of the molecule is Cc1cc(F)cc(C(=O)c2ccc(Cl)cc2Br)c1. The van der Waals surface area contributed by atoms with E-state index in [4.69, 9.17) is 11.6 Å². The quantitative estimate of drug-likeness (QED) is 0.725. The fourth-order valence-electron chi connectivity index (χ4n) is 1.70. The lowest BCUT2D eigenvalue weighted by atomic mass is 10.0. The van der Waals surface area contributed by atoms with Crippen molar-refractivity contribution in [2.45, 2.75) is 6.92 Å². The average molecular weight is 328 g/mol. The number of carbonyl (C=O) groups is 1. The van der Waals surface area contributed by atoms with Crippen LogP contribution in [0.15, 0.2) is 40.9 Å². The molecule has 92 valence electrons. The third-order valence-corrected chi connectivity index (χ3v) is 3.37. The van der Waals surface area contributed by atoms with E-state index in [-0.39, 0.29) is 5.78 Å². The van der Waals surface area contributed by atoms with Crippen molar-refractivity contribution in [2.75, 3.05) is 0 Å². The number of carbonyl (C=O) groups excluding carboxylic acids is 1. The molecule has 0 bridgehead atoms. The van der Waals surface area contributed by atoms with Crippen LogP contribution in [-0.2, 0) is 0 Å². The van der Waals surface area contributed by atoms with Gasteiger partial charge >= 0.3 is 0 Å². The Bertz CT molecular complexity index is 605. The van der Waals surface area contributed by atoms with E-state index in [2.05, 4.69) is 15.9 Å². The molecule has 0 heterocycles. The normalized spacial score (nSPS) is 10.4. The number of halogens is 3. The standard InChI is InChI=1S/C14H9BrClFO/c1-8-4-9(6-11(17)5-8)14(18)12-3-2-10(16)7-13(12)15/h2-7H,1H3. The van der Waals surface area contributed by atoms with Crippen LogP contribution in [0.3, 0.4) is 0 Å². The Morgan fingerprint density at radius 3 is 2.56 bits per heavy atom. The molecule has 0 aliphatic carbocycles. The van der Waals surface area contributed by atoms with E-state index in [1.54, 1.807) is 31.2 Å². The number of rotatable bonds is 2. The number of aryl methyl sites for hydroxylation is 1. The molecule has 0 aliphatic rings.